The lowest BCUT2D eigenvalue weighted by atomic mass is 9.74. The van der Waals surface area contributed by atoms with Crippen molar-refractivity contribution in [2.75, 3.05) is 5.32 Å². The molecule has 11 nitrogen and oxygen atoms in total. The van der Waals surface area contributed by atoms with Crippen molar-refractivity contribution in [1.82, 2.24) is 28.9 Å². The van der Waals surface area contributed by atoms with Crippen LogP contribution in [0.25, 0.3) is 11.4 Å². The summed E-state index contributed by atoms with van der Waals surface area (Å²) in [5.74, 6) is 8.13. The van der Waals surface area contributed by atoms with Gasteiger partial charge >= 0.3 is 0 Å². The second-order valence-electron chi connectivity index (χ2n) is 10.4. The molecule has 2 atom stereocenters. The summed E-state index contributed by atoms with van der Waals surface area (Å²) in [5.41, 5.74) is 8.39. The van der Waals surface area contributed by atoms with Crippen LogP contribution in [0.15, 0.2) is 53.8 Å². The molecule has 3 aromatic rings. The zero-order chi connectivity index (χ0) is 27.8. The minimum absolute atomic E-state index is 0.143. The molecular formula is C27H33N9O2S. The zero-order valence-electron chi connectivity index (χ0n) is 22.5. The van der Waals surface area contributed by atoms with Crippen LogP contribution in [0.4, 0.5) is 5.82 Å². The minimum Gasteiger partial charge on any atom is -0.328 e. The Bertz CT molecular complexity index is 1600. The summed E-state index contributed by atoms with van der Waals surface area (Å²) in [6.45, 7) is 8.36. The number of amidine groups is 1. The van der Waals surface area contributed by atoms with Crippen molar-refractivity contribution in [1.29, 1.82) is 0 Å². The third kappa shape index (κ3) is 5.51. The summed E-state index contributed by atoms with van der Waals surface area (Å²) in [7, 11) is -3.46. The number of aromatic nitrogens is 6. The van der Waals surface area contributed by atoms with Gasteiger partial charge in [0, 0.05) is 36.6 Å². The van der Waals surface area contributed by atoms with Gasteiger partial charge in [-0.15, -0.1) is 0 Å². The van der Waals surface area contributed by atoms with Gasteiger partial charge in [-0.25, -0.2) is 23.4 Å². The lowest BCUT2D eigenvalue weighted by molar-refractivity contribution is 0.344. The number of anilines is 1. The number of nitrogens with one attached hydrogen (secondary N) is 1. The van der Waals surface area contributed by atoms with E-state index in [4.69, 9.17) is 5.73 Å². The molecular weight excluding hydrogens is 514 g/mol. The Hall–Kier alpha value is -3.82. The van der Waals surface area contributed by atoms with E-state index in [1.165, 1.54) is 12.4 Å². The summed E-state index contributed by atoms with van der Waals surface area (Å²) >= 11 is 0. The normalized spacial score (nSPS) is 20.2. The van der Waals surface area contributed by atoms with Crippen LogP contribution in [0.2, 0.25) is 0 Å². The predicted molar refractivity (Wildman–Crippen MR) is 150 cm³/mol. The second-order valence-corrected chi connectivity index (χ2v) is 12.5. The molecule has 12 heteroatoms. The molecule has 0 saturated heterocycles. The molecule has 4 heterocycles. The molecule has 0 aromatic carbocycles. The molecule has 2 aliphatic rings. The third-order valence-corrected chi connectivity index (χ3v) is 9.26. The van der Waals surface area contributed by atoms with Crippen LogP contribution in [-0.4, -0.2) is 54.0 Å². The number of rotatable bonds is 7. The van der Waals surface area contributed by atoms with Crippen LogP contribution < -0.4 is 11.1 Å². The molecule has 39 heavy (non-hydrogen) atoms. The lowest BCUT2D eigenvalue weighted by Gasteiger charge is -2.37. The molecule has 1 aliphatic heterocycles. The quantitative estimate of drug-likeness (QED) is 0.428. The second kappa shape index (κ2) is 10.4. The summed E-state index contributed by atoms with van der Waals surface area (Å²) in [5, 5.41) is 11.3. The monoisotopic (exact) mass is 547 g/mol. The van der Waals surface area contributed by atoms with Gasteiger partial charge in [0.05, 0.1) is 40.5 Å². The molecule has 0 spiro atoms. The number of aliphatic imine (C=N–C) groups is 1. The molecule has 3 N–H and O–H groups in total. The molecule has 5 rings (SSSR count). The summed E-state index contributed by atoms with van der Waals surface area (Å²) in [4.78, 5) is 13.5. The van der Waals surface area contributed by atoms with Gasteiger partial charge < -0.3 is 11.1 Å². The van der Waals surface area contributed by atoms with Gasteiger partial charge in [-0.3, -0.25) is 4.68 Å². The van der Waals surface area contributed by atoms with Gasteiger partial charge in [0.2, 0.25) is 0 Å². The fourth-order valence-electron chi connectivity index (χ4n) is 4.33. The zero-order valence-corrected chi connectivity index (χ0v) is 23.4. The number of hydrogen-bond donors (Lipinski definition) is 2. The average molecular weight is 548 g/mol. The van der Waals surface area contributed by atoms with E-state index in [0.717, 1.165) is 21.6 Å². The van der Waals surface area contributed by atoms with E-state index in [-0.39, 0.29) is 17.2 Å². The molecule has 0 radical (unpaired) electrons. The molecule has 2 unspecified atom stereocenters. The van der Waals surface area contributed by atoms with Crippen LogP contribution in [0.1, 0.15) is 65.0 Å². The molecule has 0 amide bonds. The van der Waals surface area contributed by atoms with E-state index in [9.17, 15) is 8.42 Å². The van der Waals surface area contributed by atoms with Gasteiger partial charge in [0.15, 0.2) is 5.82 Å². The summed E-state index contributed by atoms with van der Waals surface area (Å²) in [6.07, 6.45) is 12.6. The maximum Gasteiger partial charge on any atom is 0.256 e. The Kier molecular flexibility index (Phi) is 7.13. The molecule has 0 bridgehead atoms. The van der Waals surface area contributed by atoms with Crippen molar-refractivity contribution >= 4 is 21.7 Å². The smallest absolute Gasteiger partial charge is 0.256 e. The van der Waals surface area contributed by atoms with Crippen molar-refractivity contribution in [3.05, 3.63) is 54.4 Å². The number of nitrogens with zero attached hydrogens (tertiary/aromatic N) is 7. The van der Waals surface area contributed by atoms with E-state index in [2.05, 4.69) is 70.0 Å². The average Bonchev–Trinajstić information content (AvgIpc) is 3.46. The predicted octanol–water partition coefficient (Wildman–Crippen LogP) is 3.35. The first-order valence-electron chi connectivity index (χ1n) is 13.1. The molecule has 204 valence electrons. The first-order chi connectivity index (χ1) is 18.6. The van der Waals surface area contributed by atoms with E-state index in [1.54, 1.807) is 24.7 Å². The van der Waals surface area contributed by atoms with Crippen LogP contribution in [-0.2, 0) is 10.0 Å². The Balaban J connectivity index is 1.38. The molecule has 1 saturated carbocycles. The van der Waals surface area contributed by atoms with E-state index in [0.29, 0.717) is 42.3 Å². The minimum atomic E-state index is -3.46. The van der Waals surface area contributed by atoms with Crippen molar-refractivity contribution in [2.24, 2.45) is 16.6 Å². The first-order valence-corrected chi connectivity index (χ1v) is 14.6. The standard InChI is InChI=1S/C27H33N9O2S/c1-5-19(4)27(28)12-25(30-15-22(27)7-6-20-13-31-35(16-20)18(2)3)33-24-10-11-29-26(34-24)21-14-32-36(17-21)39(37,38)23-8-9-23/h10-11,13-19,23H,5,8-9,12,28H2,1-4H3,(H,29,30,33,34). The Morgan fingerprint density at radius 1 is 1.18 bits per heavy atom. The SMILES string of the molecule is CCC(C)C1(N)CC(Nc2ccnc(-c3cnn(S(=O)(=O)C4CC4)c3)n2)=NC=C1C#Cc1cnn(C(C)C)c1. The number of nitrogens with two attached hydrogens (primary N) is 1. The fourth-order valence-corrected chi connectivity index (χ4v) is 5.80. The van der Waals surface area contributed by atoms with Gasteiger partial charge in [-0.05, 0) is 38.7 Å². The van der Waals surface area contributed by atoms with Crippen molar-refractivity contribution in [2.45, 2.75) is 70.2 Å². The van der Waals surface area contributed by atoms with Gasteiger partial charge in [-0.1, -0.05) is 32.1 Å². The maximum absolute atomic E-state index is 12.5. The molecule has 1 fully saturated rings. The molecule has 3 aromatic heterocycles. The van der Waals surface area contributed by atoms with E-state index >= 15 is 0 Å². The van der Waals surface area contributed by atoms with Crippen LogP contribution >= 0.6 is 0 Å². The van der Waals surface area contributed by atoms with Crippen molar-refractivity contribution in [3.63, 3.8) is 0 Å². The third-order valence-electron chi connectivity index (χ3n) is 7.23. The highest BCUT2D eigenvalue weighted by Crippen LogP contribution is 2.33. The summed E-state index contributed by atoms with van der Waals surface area (Å²) in [6, 6.07) is 1.99. The first kappa shape index (κ1) is 26.8. The molecule has 1 aliphatic carbocycles. The topological polar surface area (TPSA) is 146 Å². The van der Waals surface area contributed by atoms with Crippen LogP contribution in [0.3, 0.4) is 0 Å². The van der Waals surface area contributed by atoms with Gasteiger partial charge in [0.1, 0.15) is 11.7 Å². The van der Waals surface area contributed by atoms with Crippen LogP contribution in [0.5, 0.6) is 0 Å². The van der Waals surface area contributed by atoms with E-state index in [1.807, 2.05) is 10.9 Å². The Morgan fingerprint density at radius 2 is 1.97 bits per heavy atom. The van der Waals surface area contributed by atoms with Crippen molar-refractivity contribution < 1.29 is 8.42 Å². The Labute approximate surface area is 228 Å². The Morgan fingerprint density at radius 3 is 2.67 bits per heavy atom. The summed E-state index contributed by atoms with van der Waals surface area (Å²) < 4.78 is 27.9. The van der Waals surface area contributed by atoms with Gasteiger partial charge in [-0.2, -0.15) is 14.3 Å². The highest BCUT2D eigenvalue weighted by atomic mass is 32.2. The van der Waals surface area contributed by atoms with Crippen LogP contribution in [0, 0.1) is 17.8 Å². The maximum atomic E-state index is 12.5. The van der Waals surface area contributed by atoms with Gasteiger partial charge in [0.25, 0.3) is 10.0 Å². The van der Waals surface area contributed by atoms with E-state index < -0.39 is 15.6 Å². The fraction of sp³-hybridized carbons (Fsp3) is 0.444. The highest BCUT2D eigenvalue weighted by Gasteiger charge is 2.39. The van der Waals surface area contributed by atoms with Crippen molar-refractivity contribution in [3.8, 4) is 23.2 Å². The highest BCUT2D eigenvalue weighted by molar-refractivity contribution is 7.90. The largest absolute Gasteiger partial charge is 0.328 e. The lowest BCUT2D eigenvalue weighted by Crippen LogP contribution is -2.51. The number of hydrogen-bond acceptors (Lipinski definition) is 9.